The fourth-order valence-corrected chi connectivity index (χ4v) is 3.24. The maximum Gasteiger partial charge on any atom is 0.255 e. The monoisotopic (exact) mass is 402 g/mol. The summed E-state index contributed by atoms with van der Waals surface area (Å²) in [5.74, 6) is 1.94. The molecule has 0 fully saturated rings. The minimum Gasteiger partial charge on any atom is -0.493 e. The van der Waals surface area contributed by atoms with Crippen LogP contribution in [0.15, 0.2) is 57.4 Å². The maximum atomic E-state index is 13.1. The zero-order valence-electron chi connectivity index (χ0n) is 16.1. The molecule has 0 saturated carbocycles. The number of methoxy groups -OCH3 is 2. The first kappa shape index (κ1) is 20.0. The van der Waals surface area contributed by atoms with E-state index < -0.39 is 0 Å². The lowest BCUT2D eigenvalue weighted by atomic mass is 10.1. The van der Waals surface area contributed by atoms with Crippen LogP contribution in [0.4, 0.5) is 0 Å². The summed E-state index contributed by atoms with van der Waals surface area (Å²) in [6.45, 7) is 6.29. The van der Waals surface area contributed by atoms with E-state index in [0.717, 1.165) is 11.1 Å². The SMILES string of the molecule is C=C(Cl)Cn1c(=O)c(CNC(C)c2ccco2)cc2cc(OC)c(OC)cc21. The lowest BCUT2D eigenvalue weighted by Gasteiger charge is -2.17. The van der Waals surface area contributed by atoms with E-state index in [0.29, 0.717) is 34.2 Å². The van der Waals surface area contributed by atoms with E-state index in [1.165, 1.54) is 0 Å². The molecule has 148 valence electrons. The van der Waals surface area contributed by atoms with Crippen molar-refractivity contribution in [2.45, 2.75) is 26.1 Å². The second-order valence-corrected chi connectivity index (χ2v) is 7.00. The Kier molecular flexibility index (Phi) is 6.11. The summed E-state index contributed by atoms with van der Waals surface area (Å²) >= 11 is 6.03. The van der Waals surface area contributed by atoms with Crippen LogP contribution in [0.25, 0.3) is 10.9 Å². The summed E-state index contributed by atoms with van der Waals surface area (Å²) < 4.78 is 17.8. The van der Waals surface area contributed by atoms with Crippen molar-refractivity contribution in [3.63, 3.8) is 0 Å². The molecule has 0 spiro atoms. The van der Waals surface area contributed by atoms with Crippen molar-refractivity contribution in [2.24, 2.45) is 0 Å². The first-order chi connectivity index (χ1) is 13.4. The van der Waals surface area contributed by atoms with Crippen molar-refractivity contribution in [2.75, 3.05) is 14.2 Å². The van der Waals surface area contributed by atoms with Crippen LogP contribution in [0.2, 0.25) is 0 Å². The lowest BCUT2D eigenvalue weighted by molar-refractivity contribution is 0.355. The maximum absolute atomic E-state index is 13.1. The van der Waals surface area contributed by atoms with Crippen LogP contribution in [0.5, 0.6) is 11.5 Å². The van der Waals surface area contributed by atoms with E-state index in [9.17, 15) is 4.79 Å². The van der Waals surface area contributed by atoms with Crippen LogP contribution in [-0.2, 0) is 13.1 Å². The molecule has 7 heteroatoms. The van der Waals surface area contributed by atoms with Crippen LogP contribution in [0.1, 0.15) is 24.3 Å². The van der Waals surface area contributed by atoms with Crippen molar-refractivity contribution >= 4 is 22.5 Å². The van der Waals surface area contributed by atoms with E-state index in [4.69, 9.17) is 25.5 Å². The smallest absolute Gasteiger partial charge is 0.255 e. The molecule has 2 heterocycles. The van der Waals surface area contributed by atoms with E-state index >= 15 is 0 Å². The average molecular weight is 403 g/mol. The molecule has 28 heavy (non-hydrogen) atoms. The molecule has 0 bridgehead atoms. The second kappa shape index (κ2) is 8.54. The molecule has 1 aromatic carbocycles. The molecule has 0 saturated heterocycles. The molecule has 3 aromatic rings. The molecule has 2 aromatic heterocycles. The van der Waals surface area contributed by atoms with Crippen molar-refractivity contribution in [3.05, 3.63) is 69.9 Å². The second-order valence-electron chi connectivity index (χ2n) is 6.46. The zero-order valence-corrected chi connectivity index (χ0v) is 16.9. The minimum absolute atomic E-state index is 0.0352. The number of nitrogens with one attached hydrogen (secondary N) is 1. The van der Waals surface area contributed by atoms with Gasteiger partial charge in [0.25, 0.3) is 5.56 Å². The molecule has 6 nitrogen and oxygen atoms in total. The summed E-state index contributed by atoms with van der Waals surface area (Å²) in [6, 6.07) is 9.17. The predicted molar refractivity (Wildman–Crippen MR) is 110 cm³/mol. The quantitative estimate of drug-likeness (QED) is 0.611. The van der Waals surface area contributed by atoms with Gasteiger partial charge in [0.1, 0.15) is 5.76 Å². The topological polar surface area (TPSA) is 65.6 Å². The van der Waals surface area contributed by atoms with Gasteiger partial charge in [0, 0.05) is 28.6 Å². The summed E-state index contributed by atoms with van der Waals surface area (Å²) in [7, 11) is 3.13. The number of aromatic nitrogens is 1. The Labute approximate surface area is 168 Å². The van der Waals surface area contributed by atoms with Gasteiger partial charge in [0.15, 0.2) is 11.5 Å². The predicted octanol–water partition coefficient (Wildman–Crippen LogP) is 4.22. The van der Waals surface area contributed by atoms with E-state index in [1.807, 2.05) is 31.2 Å². The summed E-state index contributed by atoms with van der Waals surface area (Å²) in [4.78, 5) is 13.1. The number of nitrogens with zero attached hydrogens (tertiary/aromatic N) is 1. The van der Waals surface area contributed by atoms with Gasteiger partial charge < -0.3 is 23.8 Å². The third-order valence-electron chi connectivity index (χ3n) is 4.57. The van der Waals surface area contributed by atoms with Gasteiger partial charge >= 0.3 is 0 Å². The van der Waals surface area contributed by atoms with E-state index in [-0.39, 0.29) is 18.1 Å². The van der Waals surface area contributed by atoms with Crippen LogP contribution < -0.4 is 20.3 Å². The largest absolute Gasteiger partial charge is 0.493 e. The number of furan rings is 1. The van der Waals surface area contributed by atoms with Gasteiger partial charge in [0.05, 0.1) is 38.6 Å². The first-order valence-corrected chi connectivity index (χ1v) is 9.21. The number of halogens is 1. The highest BCUT2D eigenvalue weighted by Crippen LogP contribution is 2.32. The number of hydrogen-bond donors (Lipinski definition) is 1. The fraction of sp³-hybridized carbons (Fsp3) is 0.286. The average Bonchev–Trinajstić information content (AvgIpc) is 3.22. The van der Waals surface area contributed by atoms with Crippen LogP contribution in [0, 0.1) is 0 Å². The zero-order chi connectivity index (χ0) is 20.3. The van der Waals surface area contributed by atoms with Crippen molar-refractivity contribution in [1.29, 1.82) is 0 Å². The number of fused-ring (bicyclic) bond motifs is 1. The highest BCUT2D eigenvalue weighted by atomic mass is 35.5. The van der Waals surface area contributed by atoms with Gasteiger partial charge in [-0.3, -0.25) is 4.79 Å². The normalized spacial score (nSPS) is 12.1. The van der Waals surface area contributed by atoms with Gasteiger partial charge in [-0.25, -0.2) is 0 Å². The summed E-state index contributed by atoms with van der Waals surface area (Å²) in [6.07, 6.45) is 1.63. The molecular weight excluding hydrogens is 380 g/mol. The number of hydrogen-bond acceptors (Lipinski definition) is 5. The molecular formula is C21H23ClN2O4. The van der Waals surface area contributed by atoms with Crippen LogP contribution >= 0.6 is 11.6 Å². The van der Waals surface area contributed by atoms with Gasteiger partial charge in [-0.2, -0.15) is 0 Å². The molecule has 0 radical (unpaired) electrons. The molecule has 1 unspecified atom stereocenters. The number of pyridine rings is 1. The van der Waals surface area contributed by atoms with Gasteiger partial charge in [-0.05, 0) is 31.2 Å². The molecule has 1 atom stereocenters. The number of rotatable bonds is 8. The Morgan fingerprint density at radius 1 is 1.29 bits per heavy atom. The Hall–Kier alpha value is -2.70. The number of allylic oxidation sites excluding steroid dienone is 1. The van der Waals surface area contributed by atoms with Crippen molar-refractivity contribution < 1.29 is 13.9 Å². The fourth-order valence-electron chi connectivity index (χ4n) is 3.12. The van der Waals surface area contributed by atoms with Crippen molar-refractivity contribution in [3.8, 4) is 11.5 Å². The highest BCUT2D eigenvalue weighted by Gasteiger charge is 2.15. The van der Waals surface area contributed by atoms with Crippen LogP contribution in [-0.4, -0.2) is 18.8 Å². The highest BCUT2D eigenvalue weighted by molar-refractivity contribution is 6.29. The first-order valence-electron chi connectivity index (χ1n) is 8.83. The van der Waals surface area contributed by atoms with Gasteiger partial charge in [0.2, 0.25) is 0 Å². The molecule has 3 rings (SSSR count). The third kappa shape index (κ3) is 4.08. The molecule has 0 aliphatic heterocycles. The Bertz CT molecular complexity index is 1040. The Morgan fingerprint density at radius 2 is 2.00 bits per heavy atom. The summed E-state index contributed by atoms with van der Waals surface area (Å²) in [5, 5.41) is 4.53. The lowest BCUT2D eigenvalue weighted by Crippen LogP contribution is -2.28. The van der Waals surface area contributed by atoms with E-state index in [2.05, 4.69) is 11.9 Å². The number of ether oxygens (including phenoxy) is 2. The standard InChI is InChI=1S/C21H23ClN2O4/c1-13(22)12-24-17-10-20(27-4)19(26-3)9-15(17)8-16(21(24)25)11-23-14(2)18-6-5-7-28-18/h5-10,14,23H,1,11-12H2,2-4H3. The van der Waals surface area contributed by atoms with Crippen LogP contribution in [0.3, 0.4) is 0 Å². The minimum atomic E-state index is -0.138. The van der Waals surface area contributed by atoms with E-state index in [1.54, 1.807) is 31.1 Å². The van der Waals surface area contributed by atoms with Gasteiger partial charge in [-0.1, -0.05) is 18.2 Å². The Morgan fingerprint density at radius 3 is 2.61 bits per heavy atom. The molecule has 1 N–H and O–H groups in total. The Balaban J connectivity index is 2.05. The van der Waals surface area contributed by atoms with Gasteiger partial charge in [-0.15, -0.1) is 0 Å². The third-order valence-corrected chi connectivity index (χ3v) is 4.69. The molecule has 0 aliphatic rings. The summed E-state index contributed by atoms with van der Waals surface area (Å²) in [5.41, 5.74) is 1.17. The molecule has 0 amide bonds. The van der Waals surface area contributed by atoms with Crippen molar-refractivity contribution in [1.82, 2.24) is 9.88 Å². The number of benzene rings is 1. The molecule has 0 aliphatic carbocycles.